The fourth-order valence-electron chi connectivity index (χ4n) is 2.21. The first kappa shape index (κ1) is 12.6. The Hall–Kier alpha value is -1.86. The fraction of sp³-hybridized carbons (Fsp3) is 0.429. The molecule has 0 unspecified atom stereocenters. The molecule has 1 amide bonds. The first-order valence-corrected chi connectivity index (χ1v) is 6.23. The summed E-state index contributed by atoms with van der Waals surface area (Å²) in [7, 11) is 1.76. The Morgan fingerprint density at radius 2 is 2.33 bits per heavy atom. The van der Waals surface area contributed by atoms with E-state index in [0.29, 0.717) is 5.56 Å². The molecule has 0 radical (unpaired) electrons. The third kappa shape index (κ3) is 2.69. The highest BCUT2D eigenvalue weighted by Crippen LogP contribution is 2.17. The van der Waals surface area contributed by atoms with Gasteiger partial charge < -0.3 is 10.2 Å². The van der Waals surface area contributed by atoms with E-state index in [4.69, 9.17) is 5.26 Å². The molecule has 0 bridgehead atoms. The van der Waals surface area contributed by atoms with Crippen LogP contribution in [0.25, 0.3) is 0 Å². The highest BCUT2D eigenvalue weighted by molar-refractivity contribution is 5.96. The SMILES string of the molecule is CN(C(=O)[C@H]1CCCCN1)c1cccc(C#N)c1. The summed E-state index contributed by atoms with van der Waals surface area (Å²) < 4.78 is 0. The van der Waals surface area contributed by atoms with Crippen molar-refractivity contribution in [1.29, 1.82) is 5.26 Å². The number of nitrogens with zero attached hydrogens (tertiary/aromatic N) is 2. The fourth-order valence-corrected chi connectivity index (χ4v) is 2.21. The molecule has 0 aliphatic carbocycles. The minimum absolute atomic E-state index is 0.0739. The molecule has 0 aromatic heterocycles. The molecule has 1 aliphatic heterocycles. The third-order valence-corrected chi connectivity index (χ3v) is 3.30. The number of nitrogens with one attached hydrogen (secondary N) is 1. The van der Waals surface area contributed by atoms with Crippen LogP contribution in [0.5, 0.6) is 0 Å². The van der Waals surface area contributed by atoms with Gasteiger partial charge in [-0.25, -0.2) is 0 Å². The number of carbonyl (C=O) groups excluding carboxylic acids is 1. The van der Waals surface area contributed by atoms with Gasteiger partial charge in [0, 0.05) is 12.7 Å². The summed E-state index contributed by atoms with van der Waals surface area (Å²) in [5.74, 6) is 0.0739. The van der Waals surface area contributed by atoms with Gasteiger partial charge in [-0.2, -0.15) is 5.26 Å². The van der Waals surface area contributed by atoms with E-state index < -0.39 is 0 Å². The first-order valence-electron chi connectivity index (χ1n) is 6.23. The molecule has 4 nitrogen and oxygen atoms in total. The predicted molar refractivity (Wildman–Crippen MR) is 70.2 cm³/mol. The van der Waals surface area contributed by atoms with E-state index in [1.807, 2.05) is 6.07 Å². The molecule has 0 spiro atoms. The lowest BCUT2D eigenvalue weighted by Gasteiger charge is -2.27. The topological polar surface area (TPSA) is 56.1 Å². The number of benzene rings is 1. The lowest BCUT2D eigenvalue weighted by atomic mass is 10.0. The zero-order valence-corrected chi connectivity index (χ0v) is 10.5. The highest BCUT2D eigenvalue weighted by Gasteiger charge is 2.24. The van der Waals surface area contributed by atoms with Crippen LogP contribution in [0.4, 0.5) is 5.69 Å². The van der Waals surface area contributed by atoms with Crippen LogP contribution >= 0.6 is 0 Å². The number of carbonyl (C=O) groups is 1. The number of piperidine rings is 1. The lowest BCUT2D eigenvalue weighted by molar-refractivity contribution is -0.120. The van der Waals surface area contributed by atoms with Crippen molar-refractivity contribution in [2.75, 3.05) is 18.5 Å². The van der Waals surface area contributed by atoms with Crippen molar-refractivity contribution < 1.29 is 4.79 Å². The van der Waals surface area contributed by atoms with Gasteiger partial charge in [0.15, 0.2) is 0 Å². The van der Waals surface area contributed by atoms with Crippen molar-refractivity contribution in [3.05, 3.63) is 29.8 Å². The zero-order chi connectivity index (χ0) is 13.0. The maximum atomic E-state index is 12.3. The number of hydrogen-bond acceptors (Lipinski definition) is 3. The normalized spacial score (nSPS) is 19.0. The summed E-state index contributed by atoms with van der Waals surface area (Å²) in [6, 6.07) is 9.12. The van der Waals surface area contributed by atoms with Crippen molar-refractivity contribution in [2.24, 2.45) is 0 Å². The Balaban J connectivity index is 2.12. The minimum atomic E-state index is -0.0884. The van der Waals surface area contributed by atoms with Crippen LogP contribution < -0.4 is 10.2 Å². The molecule has 94 valence electrons. The van der Waals surface area contributed by atoms with E-state index in [1.54, 1.807) is 30.1 Å². The summed E-state index contributed by atoms with van der Waals surface area (Å²) in [4.78, 5) is 13.9. The molecular weight excluding hydrogens is 226 g/mol. The van der Waals surface area contributed by atoms with Crippen molar-refractivity contribution in [2.45, 2.75) is 25.3 Å². The summed E-state index contributed by atoms with van der Waals surface area (Å²) in [6.07, 6.45) is 3.12. The molecule has 2 rings (SSSR count). The van der Waals surface area contributed by atoms with Gasteiger partial charge in [0.1, 0.15) is 0 Å². The Morgan fingerprint density at radius 1 is 1.50 bits per heavy atom. The average Bonchev–Trinajstić information content (AvgIpc) is 2.46. The number of rotatable bonds is 2. The highest BCUT2D eigenvalue weighted by atomic mass is 16.2. The van der Waals surface area contributed by atoms with E-state index >= 15 is 0 Å². The predicted octanol–water partition coefficient (Wildman–Crippen LogP) is 1.66. The number of anilines is 1. The number of nitriles is 1. The van der Waals surface area contributed by atoms with Gasteiger partial charge in [-0.3, -0.25) is 4.79 Å². The van der Waals surface area contributed by atoms with Gasteiger partial charge in [-0.05, 0) is 37.6 Å². The molecule has 1 saturated heterocycles. The van der Waals surface area contributed by atoms with Crippen LogP contribution in [-0.2, 0) is 4.79 Å². The Labute approximate surface area is 107 Å². The molecule has 1 heterocycles. The van der Waals surface area contributed by atoms with Gasteiger partial charge in [0.25, 0.3) is 0 Å². The Morgan fingerprint density at radius 3 is 3.00 bits per heavy atom. The molecule has 1 N–H and O–H groups in total. The molecule has 0 saturated carbocycles. The largest absolute Gasteiger partial charge is 0.314 e. The minimum Gasteiger partial charge on any atom is -0.314 e. The third-order valence-electron chi connectivity index (χ3n) is 3.30. The number of amides is 1. The molecule has 4 heteroatoms. The van der Waals surface area contributed by atoms with Crippen LogP contribution in [0.1, 0.15) is 24.8 Å². The molecular formula is C14H17N3O. The Kier molecular flexibility index (Phi) is 3.96. The van der Waals surface area contributed by atoms with E-state index in [1.165, 1.54) is 0 Å². The number of likely N-dealkylation sites (N-methyl/N-ethyl adjacent to an activating group) is 1. The van der Waals surface area contributed by atoms with Crippen LogP contribution in [-0.4, -0.2) is 25.5 Å². The van der Waals surface area contributed by atoms with Crippen molar-refractivity contribution in [3.8, 4) is 6.07 Å². The maximum absolute atomic E-state index is 12.3. The second kappa shape index (κ2) is 5.65. The van der Waals surface area contributed by atoms with Crippen LogP contribution in [0.15, 0.2) is 24.3 Å². The molecule has 1 atom stereocenters. The van der Waals surface area contributed by atoms with Crippen molar-refractivity contribution in [1.82, 2.24) is 5.32 Å². The van der Waals surface area contributed by atoms with Gasteiger partial charge >= 0.3 is 0 Å². The summed E-state index contributed by atoms with van der Waals surface area (Å²) >= 11 is 0. The van der Waals surface area contributed by atoms with Gasteiger partial charge in [-0.1, -0.05) is 12.5 Å². The summed E-state index contributed by atoms with van der Waals surface area (Å²) in [5.41, 5.74) is 1.34. The first-order chi connectivity index (χ1) is 8.72. The van der Waals surface area contributed by atoms with Crippen LogP contribution in [0.2, 0.25) is 0 Å². The molecule has 1 aromatic carbocycles. The monoisotopic (exact) mass is 243 g/mol. The standard InChI is InChI=1S/C14H17N3O/c1-17(12-6-4-5-11(9-12)10-15)14(18)13-7-2-3-8-16-13/h4-6,9,13,16H,2-3,7-8H2,1H3/t13-/m1/s1. The average molecular weight is 243 g/mol. The van der Waals surface area contributed by atoms with Crippen LogP contribution in [0.3, 0.4) is 0 Å². The van der Waals surface area contributed by atoms with E-state index in [-0.39, 0.29) is 11.9 Å². The molecule has 1 aromatic rings. The quantitative estimate of drug-likeness (QED) is 0.859. The van der Waals surface area contributed by atoms with Gasteiger partial charge in [0.05, 0.1) is 17.7 Å². The van der Waals surface area contributed by atoms with E-state index in [9.17, 15) is 4.79 Å². The Bertz CT molecular complexity index is 472. The van der Waals surface area contributed by atoms with Crippen molar-refractivity contribution >= 4 is 11.6 Å². The molecule has 18 heavy (non-hydrogen) atoms. The van der Waals surface area contributed by atoms with E-state index in [2.05, 4.69) is 11.4 Å². The summed E-state index contributed by atoms with van der Waals surface area (Å²) in [6.45, 7) is 0.905. The van der Waals surface area contributed by atoms with Gasteiger partial charge in [0.2, 0.25) is 5.91 Å². The molecule has 1 aliphatic rings. The van der Waals surface area contributed by atoms with Crippen molar-refractivity contribution in [3.63, 3.8) is 0 Å². The molecule has 1 fully saturated rings. The second-order valence-corrected chi connectivity index (χ2v) is 4.56. The number of hydrogen-bond donors (Lipinski definition) is 1. The zero-order valence-electron chi connectivity index (χ0n) is 10.5. The van der Waals surface area contributed by atoms with Gasteiger partial charge in [-0.15, -0.1) is 0 Å². The maximum Gasteiger partial charge on any atom is 0.243 e. The summed E-state index contributed by atoms with van der Waals surface area (Å²) in [5, 5.41) is 12.1. The second-order valence-electron chi connectivity index (χ2n) is 4.56. The van der Waals surface area contributed by atoms with E-state index in [0.717, 1.165) is 31.5 Å². The lowest BCUT2D eigenvalue weighted by Crippen LogP contribution is -2.47. The smallest absolute Gasteiger partial charge is 0.243 e. The van der Waals surface area contributed by atoms with Crippen LogP contribution in [0, 0.1) is 11.3 Å².